The number of ether oxygens (including phenoxy) is 2. The van der Waals surface area contributed by atoms with Gasteiger partial charge < -0.3 is 20.1 Å². The Kier molecular flexibility index (Phi) is 4.82. The lowest BCUT2D eigenvalue weighted by Crippen LogP contribution is -2.56. The second-order valence-corrected chi connectivity index (χ2v) is 7.40. The van der Waals surface area contributed by atoms with Gasteiger partial charge in [-0.1, -0.05) is 12.8 Å². The molecule has 3 aliphatic rings. The minimum Gasteiger partial charge on any atom is -0.457 e. The Hall–Kier alpha value is -2.12. The van der Waals surface area contributed by atoms with E-state index in [-0.39, 0.29) is 24.1 Å². The molecule has 1 saturated heterocycles. The van der Waals surface area contributed by atoms with Crippen molar-refractivity contribution in [2.24, 2.45) is 0 Å². The van der Waals surface area contributed by atoms with Crippen LogP contribution < -0.4 is 10.6 Å². The molecule has 7 heteroatoms. The number of amides is 2. The van der Waals surface area contributed by atoms with Crippen molar-refractivity contribution >= 4 is 17.7 Å². The fourth-order valence-corrected chi connectivity index (χ4v) is 4.18. The SMILES string of the molecule is O=C(Nc1ccc2c(c1)COC2=O)NC1(CN2CCOCC2)CCCC1. The smallest absolute Gasteiger partial charge is 0.338 e. The van der Waals surface area contributed by atoms with Crippen molar-refractivity contribution in [3.63, 3.8) is 0 Å². The van der Waals surface area contributed by atoms with Crippen LogP contribution in [0.1, 0.15) is 41.6 Å². The first-order valence-corrected chi connectivity index (χ1v) is 9.33. The maximum atomic E-state index is 12.6. The number of carbonyl (C=O) groups is 2. The molecule has 2 amide bonds. The minimum absolute atomic E-state index is 0.169. The fourth-order valence-electron chi connectivity index (χ4n) is 4.18. The Balaban J connectivity index is 1.40. The molecule has 1 saturated carbocycles. The molecule has 1 aromatic rings. The quantitative estimate of drug-likeness (QED) is 0.805. The molecule has 1 aromatic carbocycles. The van der Waals surface area contributed by atoms with Gasteiger partial charge in [0.1, 0.15) is 6.61 Å². The van der Waals surface area contributed by atoms with Crippen molar-refractivity contribution in [2.45, 2.75) is 37.8 Å². The molecule has 4 rings (SSSR count). The molecule has 0 radical (unpaired) electrons. The third-order valence-electron chi connectivity index (χ3n) is 5.51. The van der Waals surface area contributed by atoms with E-state index in [0.717, 1.165) is 64.1 Å². The number of hydrogen-bond acceptors (Lipinski definition) is 5. The summed E-state index contributed by atoms with van der Waals surface area (Å²) >= 11 is 0. The van der Waals surface area contributed by atoms with Gasteiger partial charge >= 0.3 is 12.0 Å². The number of carbonyl (C=O) groups excluding carboxylic acids is 2. The van der Waals surface area contributed by atoms with Crippen LogP contribution >= 0.6 is 0 Å². The summed E-state index contributed by atoms with van der Waals surface area (Å²) in [6.45, 7) is 4.51. The first kappa shape index (κ1) is 17.3. The summed E-state index contributed by atoms with van der Waals surface area (Å²) in [7, 11) is 0. The molecule has 2 N–H and O–H groups in total. The predicted molar refractivity (Wildman–Crippen MR) is 96.2 cm³/mol. The number of fused-ring (bicyclic) bond motifs is 1. The van der Waals surface area contributed by atoms with E-state index in [1.807, 2.05) is 6.07 Å². The van der Waals surface area contributed by atoms with Crippen molar-refractivity contribution < 1.29 is 19.1 Å². The first-order valence-electron chi connectivity index (χ1n) is 9.33. The highest BCUT2D eigenvalue weighted by atomic mass is 16.5. The number of rotatable bonds is 4. The Bertz CT molecular complexity index is 694. The molecular formula is C19H25N3O4. The van der Waals surface area contributed by atoms with E-state index in [4.69, 9.17) is 9.47 Å². The fraction of sp³-hybridized carbons (Fsp3) is 0.579. The van der Waals surface area contributed by atoms with Crippen LogP contribution in [0.5, 0.6) is 0 Å². The number of morpholine rings is 1. The summed E-state index contributed by atoms with van der Waals surface area (Å²) < 4.78 is 10.4. The van der Waals surface area contributed by atoms with E-state index in [0.29, 0.717) is 11.3 Å². The predicted octanol–water partition coefficient (Wildman–Crippen LogP) is 2.12. The standard InChI is InChI=1S/C19H25N3O4/c23-17-16-4-3-15(11-14(16)12-26-17)20-18(24)21-19(5-1-2-6-19)13-22-7-9-25-10-8-22/h3-4,11H,1-2,5-10,12-13H2,(H2,20,21,24). The summed E-state index contributed by atoms with van der Waals surface area (Å²) in [4.78, 5) is 26.5. The van der Waals surface area contributed by atoms with E-state index in [1.165, 1.54) is 0 Å². The molecule has 0 aromatic heterocycles. The van der Waals surface area contributed by atoms with E-state index < -0.39 is 0 Å². The van der Waals surface area contributed by atoms with E-state index in [2.05, 4.69) is 15.5 Å². The lowest BCUT2D eigenvalue weighted by atomic mass is 9.96. The molecule has 2 heterocycles. The van der Waals surface area contributed by atoms with E-state index in [9.17, 15) is 9.59 Å². The summed E-state index contributed by atoms with van der Waals surface area (Å²) in [5.74, 6) is -0.300. The topological polar surface area (TPSA) is 79.9 Å². The van der Waals surface area contributed by atoms with Crippen LogP contribution in [0.15, 0.2) is 18.2 Å². The van der Waals surface area contributed by atoms with Crippen LogP contribution in [0.2, 0.25) is 0 Å². The second-order valence-electron chi connectivity index (χ2n) is 7.40. The van der Waals surface area contributed by atoms with Gasteiger partial charge in [-0.15, -0.1) is 0 Å². The molecule has 2 aliphatic heterocycles. The Morgan fingerprint density at radius 1 is 1.19 bits per heavy atom. The lowest BCUT2D eigenvalue weighted by molar-refractivity contribution is 0.0254. The van der Waals surface area contributed by atoms with Crippen molar-refractivity contribution in [1.82, 2.24) is 10.2 Å². The van der Waals surface area contributed by atoms with Crippen molar-refractivity contribution in [1.29, 1.82) is 0 Å². The van der Waals surface area contributed by atoms with Crippen LogP contribution in [-0.2, 0) is 16.1 Å². The van der Waals surface area contributed by atoms with Gasteiger partial charge in [0.2, 0.25) is 0 Å². The minimum atomic E-state index is -0.300. The molecule has 1 aliphatic carbocycles. The zero-order valence-electron chi connectivity index (χ0n) is 14.9. The molecule has 0 atom stereocenters. The van der Waals surface area contributed by atoms with Crippen LogP contribution in [-0.4, -0.2) is 55.3 Å². The van der Waals surface area contributed by atoms with Gasteiger partial charge in [-0.2, -0.15) is 0 Å². The monoisotopic (exact) mass is 359 g/mol. The van der Waals surface area contributed by atoms with Crippen LogP contribution in [0, 0.1) is 0 Å². The first-order chi connectivity index (χ1) is 12.6. The average molecular weight is 359 g/mol. The summed E-state index contributed by atoms with van der Waals surface area (Å²) in [5.41, 5.74) is 1.91. The number of benzene rings is 1. The maximum Gasteiger partial charge on any atom is 0.338 e. The molecular weight excluding hydrogens is 334 g/mol. The number of nitrogens with one attached hydrogen (secondary N) is 2. The summed E-state index contributed by atoms with van der Waals surface area (Å²) in [5, 5.41) is 6.15. The van der Waals surface area contributed by atoms with Gasteiger partial charge in [-0.05, 0) is 31.0 Å². The zero-order chi connectivity index (χ0) is 18.0. The van der Waals surface area contributed by atoms with Crippen LogP contribution in [0.3, 0.4) is 0 Å². The summed E-state index contributed by atoms with van der Waals surface area (Å²) in [6, 6.07) is 5.07. The van der Waals surface area contributed by atoms with Gasteiger partial charge in [-0.25, -0.2) is 9.59 Å². The molecule has 2 fully saturated rings. The number of anilines is 1. The molecule has 0 unspecified atom stereocenters. The van der Waals surface area contributed by atoms with Gasteiger partial charge in [0, 0.05) is 30.9 Å². The highest BCUT2D eigenvalue weighted by Crippen LogP contribution is 2.31. The molecule has 0 bridgehead atoms. The molecule has 7 nitrogen and oxygen atoms in total. The molecule has 26 heavy (non-hydrogen) atoms. The van der Waals surface area contributed by atoms with Crippen molar-refractivity contribution in [2.75, 3.05) is 38.2 Å². The molecule has 0 spiro atoms. The summed E-state index contributed by atoms with van der Waals surface area (Å²) in [6.07, 6.45) is 4.29. The molecule has 140 valence electrons. The number of urea groups is 1. The third-order valence-corrected chi connectivity index (χ3v) is 5.51. The van der Waals surface area contributed by atoms with Gasteiger partial charge in [0.05, 0.1) is 24.3 Å². The normalized spacial score (nSPS) is 21.9. The number of cyclic esters (lactones) is 1. The lowest BCUT2D eigenvalue weighted by Gasteiger charge is -2.37. The Morgan fingerprint density at radius 2 is 1.96 bits per heavy atom. The van der Waals surface area contributed by atoms with Gasteiger partial charge in [0.25, 0.3) is 0 Å². The number of hydrogen-bond donors (Lipinski definition) is 2. The van der Waals surface area contributed by atoms with E-state index >= 15 is 0 Å². The largest absolute Gasteiger partial charge is 0.457 e. The van der Waals surface area contributed by atoms with Crippen LogP contribution in [0.25, 0.3) is 0 Å². The number of esters is 1. The second kappa shape index (κ2) is 7.25. The van der Waals surface area contributed by atoms with Crippen molar-refractivity contribution in [3.05, 3.63) is 29.3 Å². The maximum absolute atomic E-state index is 12.6. The van der Waals surface area contributed by atoms with Crippen LogP contribution in [0.4, 0.5) is 10.5 Å². The number of nitrogens with zero attached hydrogens (tertiary/aromatic N) is 1. The zero-order valence-corrected chi connectivity index (χ0v) is 14.9. The Morgan fingerprint density at radius 3 is 2.73 bits per heavy atom. The van der Waals surface area contributed by atoms with Crippen molar-refractivity contribution in [3.8, 4) is 0 Å². The van der Waals surface area contributed by atoms with Gasteiger partial charge in [-0.3, -0.25) is 4.90 Å². The highest BCUT2D eigenvalue weighted by Gasteiger charge is 2.37. The van der Waals surface area contributed by atoms with E-state index in [1.54, 1.807) is 12.1 Å². The average Bonchev–Trinajstić information content (AvgIpc) is 3.23. The highest BCUT2D eigenvalue weighted by molar-refractivity contribution is 5.95. The Labute approximate surface area is 153 Å². The van der Waals surface area contributed by atoms with Gasteiger partial charge in [0.15, 0.2) is 0 Å². The third kappa shape index (κ3) is 3.68.